The van der Waals surface area contributed by atoms with Crippen LogP contribution < -0.4 is 0 Å². The minimum atomic E-state index is 0.797. The number of rotatable bonds is 1. The Morgan fingerprint density at radius 2 is 2.00 bits per heavy atom. The van der Waals surface area contributed by atoms with E-state index in [0.717, 1.165) is 5.92 Å². The maximum absolute atomic E-state index is 3.98. The van der Waals surface area contributed by atoms with Crippen LogP contribution in [-0.2, 0) is 0 Å². The zero-order chi connectivity index (χ0) is 7.56. The molecule has 1 aliphatic heterocycles. The van der Waals surface area contributed by atoms with Crippen LogP contribution in [0.4, 0.5) is 0 Å². The molecule has 0 unspecified atom stereocenters. The molecule has 0 aromatic heterocycles. The average molecular weight is 251 g/mol. The van der Waals surface area contributed by atoms with E-state index >= 15 is 0 Å². The topological polar surface area (TPSA) is 3.24 Å². The predicted octanol–water partition coefficient (Wildman–Crippen LogP) is 2.62. The van der Waals surface area contributed by atoms with Crippen molar-refractivity contribution in [1.29, 1.82) is 0 Å². The quantitative estimate of drug-likeness (QED) is 0.393. The minimum Gasteiger partial charge on any atom is -0.248 e. The van der Waals surface area contributed by atoms with Crippen LogP contribution in [0.3, 0.4) is 0 Å². The zero-order valence-electron chi connectivity index (χ0n) is 6.44. The van der Waals surface area contributed by atoms with Gasteiger partial charge in [0.1, 0.15) is 0 Å². The normalized spacial score (nSPS) is 23.0. The molecule has 1 rings (SSSR count). The number of nitrogens with zero attached hydrogens (tertiary/aromatic N) is 1. The molecule has 10 heavy (non-hydrogen) atoms. The summed E-state index contributed by atoms with van der Waals surface area (Å²) in [6.45, 7) is 8.60. The lowest BCUT2D eigenvalue weighted by Crippen LogP contribution is -2.26. The Bertz CT molecular complexity index is 125. The van der Waals surface area contributed by atoms with E-state index in [2.05, 4.69) is 39.5 Å². The molecule has 0 atom stereocenters. The third-order valence-electron chi connectivity index (χ3n) is 2.14. The van der Waals surface area contributed by atoms with Gasteiger partial charge >= 0.3 is 0 Å². The zero-order valence-corrected chi connectivity index (χ0v) is 8.60. The largest absolute Gasteiger partial charge is 0.248 e. The van der Waals surface area contributed by atoms with E-state index in [9.17, 15) is 0 Å². The average Bonchev–Trinajstić information content (AvgIpc) is 1.88. The summed E-state index contributed by atoms with van der Waals surface area (Å²) < 4.78 is 2.36. The van der Waals surface area contributed by atoms with E-state index in [1.165, 1.54) is 31.5 Å². The summed E-state index contributed by atoms with van der Waals surface area (Å²) >= 11 is 2.39. The maximum Gasteiger partial charge on any atom is 0.0201 e. The predicted molar refractivity (Wildman–Crippen MR) is 53.1 cm³/mol. The van der Waals surface area contributed by atoms with E-state index < -0.39 is 0 Å². The number of hydrogen-bond donors (Lipinski definition) is 0. The molecule has 0 bridgehead atoms. The van der Waals surface area contributed by atoms with Crippen molar-refractivity contribution in [2.75, 3.05) is 13.1 Å². The lowest BCUT2D eigenvalue weighted by molar-refractivity contribution is 0.340. The molecular formula is C8H14IN. The third kappa shape index (κ3) is 2.23. The molecule has 0 aromatic carbocycles. The minimum absolute atomic E-state index is 0.797. The Kier molecular flexibility index (Phi) is 3.17. The molecule has 1 saturated heterocycles. The monoisotopic (exact) mass is 251 g/mol. The van der Waals surface area contributed by atoms with Crippen LogP contribution in [0, 0.1) is 5.92 Å². The van der Waals surface area contributed by atoms with Crippen LogP contribution in [0.1, 0.15) is 19.8 Å². The van der Waals surface area contributed by atoms with Gasteiger partial charge in [0.25, 0.3) is 0 Å². The van der Waals surface area contributed by atoms with Crippen molar-refractivity contribution in [3.63, 3.8) is 0 Å². The van der Waals surface area contributed by atoms with E-state index in [1.807, 2.05) is 0 Å². The van der Waals surface area contributed by atoms with Gasteiger partial charge in [0.2, 0.25) is 0 Å². The number of halogens is 1. The smallest absolute Gasteiger partial charge is 0.0201 e. The molecule has 0 N–H and O–H groups in total. The van der Waals surface area contributed by atoms with Crippen molar-refractivity contribution in [2.45, 2.75) is 19.8 Å². The van der Waals surface area contributed by atoms with E-state index in [1.54, 1.807) is 0 Å². The fourth-order valence-electron chi connectivity index (χ4n) is 1.34. The van der Waals surface area contributed by atoms with Crippen molar-refractivity contribution in [1.82, 2.24) is 3.11 Å². The van der Waals surface area contributed by atoms with Crippen molar-refractivity contribution in [3.05, 3.63) is 12.2 Å². The summed E-state index contributed by atoms with van der Waals surface area (Å²) in [5.74, 6) is 0.797. The summed E-state index contributed by atoms with van der Waals surface area (Å²) in [6.07, 6.45) is 2.61. The first-order valence-corrected chi connectivity index (χ1v) is 4.73. The highest BCUT2D eigenvalue weighted by atomic mass is 127. The van der Waals surface area contributed by atoms with Gasteiger partial charge in [0.15, 0.2) is 0 Å². The van der Waals surface area contributed by atoms with Gasteiger partial charge in [-0.15, -0.1) is 0 Å². The van der Waals surface area contributed by atoms with Crippen molar-refractivity contribution in [2.24, 2.45) is 5.92 Å². The van der Waals surface area contributed by atoms with Gasteiger partial charge in [-0.05, 0) is 25.7 Å². The van der Waals surface area contributed by atoms with Gasteiger partial charge in [0, 0.05) is 36.0 Å². The first-order chi connectivity index (χ1) is 4.70. The van der Waals surface area contributed by atoms with Crippen LogP contribution in [0.2, 0.25) is 0 Å². The highest BCUT2D eigenvalue weighted by molar-refractivity contribution is 14.1. The van der Waals surface area contributed by atoms with Crippen LogP contribution in [-0.4, -0.2) is 16.2 Å². The summed E-state index contributed by atoms with van der Waals surface area (Å²) in [7, 11) is 0. The highest BCUT2D eigenvalue weighted by Crippen LogP contribution is 2.24. The standard InChI is InChI=1S/C8H14IN/c1-7(2)8-3-5-10(9)6-4-8/h8H,1,3-6H2,2H3. The van der Waals surface area contributed by atoms with E-state index in [-0.39, 0.29) is 0 Å². The molecule has 0 saturated carbocycles. The fraction of sp³-hybridized carbons (Fsp3) is 0.750. The Balaban J connectivity index is 2.33. The lowest BCUT2D eigenvalue weighted by atomic mass is 9.92. The molecule has 1 heterocycles. The van der Waals surface area contributed by atoms with Crippen LogP contribution in [0.5, 0.6) is 0 Å². The molecule has 0 spiro atoms. The van der Waals surface area contributed by atoms with E-state index in [0.29, 0.717) is 0 Å². The lowest BCUT2D eigenvalue weighted by Gasteiger charge is -2.27. The first kappa shape index (κ1) is 8.53. The summed E-state index contributed by atoms with van der Waals surface area (Å²) in [5, 5.41) is 0. The molecule has 2 heteroatoms. The Hall–Kier alpha value is 0.430. The fourth-order valence-corrected chi connectivity index (χ4v) is 1.90. The number of hydrogen-bond acceptors (Lipinski definition) is 1. The van der Waals surface area contributed by atoms with Crippen LogP contribution in [0.25, 0.3) is 0 Å². The van der Waals surface area contributed by atoms with Gasteiger partial charge in [-0.1, -0.05) is 12.2 Å². The van der Waals surface area contributed by atoms with E-state index in [4.69, 9.17) is 0 Å². The number of piperidine rings is 1. The molecular weight excluding hydrogens is 237 g/mol. The summed E-state index contributed by atoms with van der Waals surface area (Å²) in [6, 6.07) is 0. The van der Waals surface area contributed by atoms with Crippen molar-refractivity contribution < 1.29 is 0 Å². The van der Waals surface area contributed by atoms with Gasteiger partial charge in [-0.3, -0.25) is 0 Å². The van der Waals surface area contributed by atoms with Crippen molar-refractivity contribution in [3.8, 4) is 0 Å². The second-order valence-corrected chi connectivity index (χ2v) is 4.40. The first-order valence-electron chi connectivity index (χ1n) is 3.76. The SMILES string of the molecule is C=C(C)C1CCN(I)CC1. The Morgan fingerprint density at radius 1 is 1.50 bits per heavy atom. The molecule has 0 aromatic rings. The highest BCUT2D eigenvalue weighted by Gasteiger charge is 2.17. The van der Waals surface area contributed by atoms with Gasteiger partial charge < -0.3 is 0 Å². The van der Waals surface area contributed by atoms with Crippen molar-refractivity contribution >= 4 is 22.9 Å². The van der Waals surface area contributed by atoms with Gasteiger partial charge in [-0.25, -0.2) is 3.11 Å². The summed E-state index contributed by atoms with van der Waals surface area (Å²) in [4.78, 5) is 0. The molecule has 1 fully saturated rings. The summed E-state index contributed by atoms with van der Waals surface area (Å²) in [5.41, 5.74) is 1.37. The van der Waals surface area contributed by atoms with Gasteiger partial charge in [0.05, 0.1) is 0 Å². The second kappa shape index (κ2) is 3.72. The molecule has 0 amide bonds. The van der Waals surface area contributed by atoms with Crippen LogP contribution in [0.15, 0.2) is 12.2 Å². The Morgan fingerprint density at radius 3 is 2.40 bits per heavy atom. The number of allylic oxidation sites excluding steroid dienone is 1. The third-order valence-corrected chi connectivity index (χ3v) is 3.10. The van der Waals surface area contributed by atoms with Crippen LogP contribution >= 0.6 is 22.9 Å². The molecule has 1 aliphatic rings. The second-order valence-electron chi connectivity index (χ2n) is 3.03. The molecule has 58 valence electrons. The molecule has 1 nitrogen and oxygen atoms in total. The van der Waals surface area contributed by atoms with Gasteiger partial charge in [-0.2, -0.15) is 0 Å². The molecule has 0 aliphatic carbocycles. The Labute approximate surface area is 77.0 Å². The molecule has 0 radical (unpaired) electrons. The maximum atomic E-state index is 3.98.